The van der Waals surface area contributed by atoms with Crippen molar-refractivity contribution >= 4 is 99.1 Å². The van der Waals surface area contributed by atoms with Gasteiger partial charge in [-0.3, -0.25) is 0 Å². The molecule has 18 heteroatoms. The summed E-state index contributed by atoms with van der Waals surface area (Å²) in [5.74, 6) is -1.09. The fourth-order valence-corrected chi connectivity index (χ4v) is 4.37. The van der Waals surface area contributed by atoms with Crippen LogP contribution < -0.4 is 4.74 Å². The van der Waals surface area contributed by atoms with Gasteiger partial charge in [-0.15, -0.1) is 0 Å². The third-order valence-electron chi connectivity index (χ3n) is 5.36. The predicted octanol–water partition coefficient (Wildman–Crippen LogP) is 11.5. The number of benzene rings is 2. The molecular formula is C34H30Cl7N3O8. The van der Waals surface area contributed by atoms with Gasteiger partial charge in [-0.05, 0) is 78.9 Å². The van der Waals surface area contributed by atoms with E-state index in [1.54, 1.807) is 48.5 Å². The topological polar surface area (TPSA) is 158 Å². The van der Waals surface area contributed by atoms with Crippen molar-refractivity contribution in [1.29, 1.82) is 0 Å². The van der Waals surface area contributed by atoms with Gasteiger partial charge >= 0.3 is 17.9 Å². The van der Waals surface area contributed by atoms with E-state index in [0.29, 0.717) is 15.8 Å². The van der Waals surface area contributed by atoms with E-state index in [1.165, 1.54) is 50.6 Å². The Morgan fingerprint density at radius 3 is 1.29 bits per heavy atom. The summed E-state index contributed by atoms with van der Waals surface area (Å²) < 4.78 is 14.5. The standard InChI is InChI=1S/C13H9Cl2NO3.C7H5Cl2NO2.C6H3Cl2NO2.C6H5ClO.2CH4/c1-18-13(17)10-6-7-11(16-12(10)15)19-9-4-2-8(14)3-5-9;1-12-7(11)4-2-3-5(8)10-6(4)9;7-4-2-1-3(6(10)11)5(8)9-4;7-5-1-3-6(8)4-2-5;;/h2-7H,1H3;2-3H,1H3;1-2H,(H,10,11);1-4,8H;2*1H4. The third kappa shape index (κ3) is 16.5. The summed E-state index contributed by atoms with van der Waals surface area (Å²) in [6, 6.07) is 21.8. The molecule has 3 aromatic heterocycles. The number of carbonyl (C=O) groups excluding carboxylic acids is 2. The number of phenols is 1. The van der Waals surface area contributed by atoms with Crippen molar-refractivity contribution in [2.45, 2.75) is 14.9 Å². The number of pyridine rings is 3. The zero-order valence-corrected chi connectivity index (χ0v) is 30.7. The molecule has 52 heavy (non-hydrogen) atoms. The first-order valence-electron chi connectivity index (χ1n) is 13.2. The number of phenolic OH excluding ortho intramolecular Hbond substituents is 1. The number of aromatic hydroxyl groups is 1. The van der Waals surface area contributed by atoms with E-state index >= 15 is 0 Å². The minimum Gasteiger partial charge on any atom is -0.508 e. The fourth-order valence-electron chi connectivity index (χ4n) is 3.05. The van der Waals surface area contributed by atoms with E-state index in [4.69, 9.17) is 96.2 Å². The Kier molecular flexibility index (Phi) is 22.3. The molecule has 2 aromatic carbocycles. The van der Waals surface area contributed by atoms with Crippen molar-refractivity contribution in [3.05, 3.63) is 137 Å². The highest BCUT2D eigenvalue weighted by Crippen LogP contribution is 2.25. The second-order valence-corrected chi connectivity index (χ2v) is 11.5. The van der Waals surface area contributed by atoms with Gasteiger partial charge in [0.05, 0.1) is 30.9 Å². The maximum Gasteiger partial charge on any atom is 0.341 e. The number of carbonyl (C=O) groups is 3. The van der Waals surface area contributed by atoms with Gasteiger partial charge in [0.1, 0.15) is 37.3 Å². The lowest BCUT2D eigenvalue weighted by Crippen LogP contribution is -2.03. The molecule has 5 rings (SSSR count). The van der Waals surface area contributed by atoms with Gasteiger partial charge in [0.25, 0.3) is 0 Å². The van der Waals surface area contributed by atoms with Crippen LogP contribution in [0.5, 0.6) is 17.4 Å². The molecule has 0 spiro atoms. The van der Waals surface area contributed by atoms with Crippen molar-refractivity contribution in [2.24, 2.45) is 0 Å². The lowest BCUT2D eigenvalue weighted by atomic mass is 10.3. The summed E-state index contributed by atoms with van der Waals surface area (Å²) in [5, 5.41) is 18.8. The Hall–Kier alpha value is -4.07. The number of carboxylic acid groups (broad SMARTS) is 1. The third-order valence-corrected chi connectivity index (χ3v) is 7.15. The number of hydrogen-bond acceptors (Lipinski definition) is 10. The first-order chi connectivity index (χ1) is 23.6. The van der Waals surface area contributed by atoms with E-state index in [9.17, 15) is 14.4 Å². The second kappa shape index (κ2) is 24.2. The molecule has 0 aliphatic heterocycles. The molecule has 0 radical (unpaired) electrons. The molecule has 0 fully saturated rings. The summed E-state index contributed by atoms with van der Waals surface area (Å²) >= 11 is 39.2. The van der Waals surface area contributed by atoms with E-state index in [0.717, 1.165) is 0 Å². The average molecular weight is 857 g/mol. The number of carboxylic acids is 1. The Balaban J connectivity index is 0.000000692. The number of aromatic carboxylic acids is 1. The van der Waals surface area contributed by atoms with Crippen molar-refractivity contribution < 1.29 is 38.8 Å². The van der Waals surface area contributed by atoms with Gasteiger partial charge in [-0.2, -0.15) is 0 Å². The van der Waals surface area contributed by atoms with E-state index in [1.807, 2.05) is 0 Å². The number of methoxy groups -OCH3 is 2. The Morgan fingerprint density at radius 2 is 0.923 bits per heavy atom. The summed E-state index contributed by atoms with van der Waals surface area (Å²) in [6.45, 7) is 0. The molecule has 0 aliphatic rings. The Labute approximate surface area is 334 Å². The van der Waals surface area contributed by atoms with Crippen LogP contribution in [0.25, 0.3) is 0 Å². The van der Waals surface area contributed by atoms with E-state index in [2.05, 4.69) is 24.4 Å². The minimum atomic E-state index is -1.11. The number of hydrogen-bond donors (Lipinski definition) is 2. The molecule has 5 aromatic rings. The fraction of sp³-hybridized carbons (Fsp3) is 0.118. The predicted molar refractivity (Wildman–Crippen MR) is 206 cm³/mol. The molecule has 0 amide bonds. The summed E-state index contributed by atoms with van der Waals surface area (Å²) in [4.78, 5) is 43.8. The highest BCUT2D eigenvalue weighted by molar-refractivity contribution is 6.35. The second-order valence-electron chi connectivity index (χ2n) is 8.75. The van der Waals surface area contributed by atoms with Crippen LogP contribution in [0.15, 0.2) is 84.9 Å². The van der Waals surface area contributed by atoms with Gasteiger partial charge in [0.15, 0.2) is 0 Å². The Morgan fingerprint density at radius 1 is 0.538 bits per heavy atom. The molecule has 0 saturated carbocycles. The van der Waals surface area contributed by atoms with Crippen LogP contribution in [0.1, 0.15) is 45.9 Å². The molecule has 2 N–H and O–H groups in total. The van der Waals surface area contributed by atoms with Crippen LogP contribution >= 0.6 is 81.2 Å². The van der Waals surface area contributed by atoms with E-state index < -0.39 is 17.9 Å². The molecule has 0 aliphatic carbocycles. The molecular weight excluding hydrogens is 827 g/mol. The summed E-state index contributed by atoms with van der Waals surface area (Å²) in [6.07, 6.45) is 0. The maximum absolute atomic E-state index is 11.3. The monoisotopic (exact) mass is 853 g/mol. The van der Waals surface area contributed by atoms with Gasteiger partial charge in [0, 0.05) is 16.1 Å². The largest absolute Gasteiger partial charge is 0.508 e. The highest BCUT2D eigenvalue weighted by Gasteiger charge is 2.13. The molecule has 0 bridgehead atoms. The van der Waals surface area contributed by atoms with E-state index in [-0.39, 0.29) is 68.9 Å². The maximum atomic E-state index is 11.3. The lowest BCUT2D eigenvalue weighted by Gasteiger charge is -2.06. The van der Waals surface area contributed by atoms with Crippen LogP contribution in [0.2, 0.25) is 35.8 Å². The van der Waals surface area contributed by atoms with Crippen molar-refractivity contribution in [3.8, 4) is 17.4 Å². The number of nitrogens with zero attached hydrogens (tertiary/aromatic N) is 3. The normalized spacial score (nSPS) is 9.33. The Bertz CT molecular complexity index is 1900. The van der Waals surface area contributed by atoms with Gasteiger partial charge in [0.2, 0.25) is 5.88 Å². The lowest BCUT2D eigenvalue weighted by molar-refractivity contribution is 0.0591. The summed E-state index contributed by atoms with van der Waals surface area (Å²) in [7, 11) is 2.55. The number of esters is 2. The molecule has 3 heterocycles. The van der Waals surface area contributed by atoms with Crippen molar-refractivity contribution in [3.63, 3.8) is 0 Å². The first kappa shape index (κ1) is 47.9. The molecule has 278 valence electrons. The highest BCUT2D eigenvalue weighted by atomic mass is 35.5. The quantitative estimate of drug-likeness (QED) is 0.128. The first-order valence-corrected chi connectivity index (χ1v) is 15.9. The summed E-state index contributed by atoms with van der Waals surface area (Å²) in [5.41, 5.74) is 0.354. The molecule has 11 nitrogen and oxygen atoms in total. The SMILES string of the molecule is C.C.COC(=O)c1ccc(Cl)nc1Cl.COC(=O)c1ccc(Oc2ccc(Cl)cc2)nc1Cl.O=C(O)c1ccc(Cl)nc1Cl.Oc1ccc(Cl)cc1. The average Bonchev–Trinajstić information content (AvgIpc) is 3.07. The molecule has 0 saturated heterocycles. The van der Waals surface area contributed by atoms with Crippen LogP contribution in [0.3, 0.4) is 0 Å². The van der Waals surface area contributed by atoms with Crippen LogP contribution in [-0.2, 0) is 9.47 Å². The van der Waals surface area contributed by atoms with Gasteiger partial charge < -0.3 is 24.4 Å². The van der Waals surface area contributed by atoms with Crippen molar-refractivity contribution in [1.82, 2.24) is 15.0 Å². The number of halogens is 7. The van der Waals surface area contributed by atoms with Crippen molar-refractivity contribution in [2.75, 3.05) is 14.2 Å². The minimum absolute atomic E-state index is 0. The molecule has 0 atom stereocenters. The zero-order valence-electron chi connectivity index (χ0n) is 25.4. The number of aromatic nitrogens is 3. The number of ether oxygens (including phenoxy) is 3. The van der Waals surface area contributed by atoms with Gasteiger partial charge in [-0.25, -0.2) is 29.3 Å². The van der Waals surface area contributed by atoms with Crippen LogP contribution in [0.4, 0.5) is 0 Å². The zero-order chi connectivity index (χ0) is 37.4. The van der Waals surface area contributed by atoms with Gasteiger partial charge in [-0.1, -0.05) is 96.1 Å². The number of rotatable bonds is 5. The molecule has 0 unspecified atom stereocenters. The van der Waals surface area contributed by atoms with Crippen LogP contribution in [0, 0.1) is 0 Å². The smallest absolute Gasteiger partial charge is 0.341 e. The van der Waals surface area contributed by atoms with Crippen LogP contribution in [-0.4, -0.2) is 57.3 Å².